The number of carbonyl (C=O) groups is 2. The zero-order valence-electron chi connectivity index (χ0n) is 16.3. The standard InChI is InChI=1S/C23H22N2O3S/c1-16-6-8-17(9-7-16)23(27)25-19-4-3-5-21(14-19)29-15-22(26)24-18-10-12-20(28-2)13-11-18/h3-14H,15H2,1-2H3,(H,24,26)(H,25,27). The maximum Gasteiger partial charge on any atom is 0.255 e. The molecule has 3 rings (SSSR count). The molecule has 148 valence electrons. The van der Waals surface area contributed by atoms with E-state index in [1.165, 1.54) is 11.8 Å². The summed E-state index contributed by atoms with van der Waals surface area (Å²) < 4.78 is 5.10. The van der Waals surface area contributed by atoms with Gasteiger partial charge in [0.25, 0.3) is 5.91 Å². The van der Waals surface area contributed by atoms with Crippen molar-refractivity contribution in [1.82, 2.24) is 0 Å². The van der Waals surface area contributed by atoms with Crippen LogP contribution < -0.4 is 15.4 Å². The topological polar surface area (TPSA) is 67.4 Å². The van der Waals surface area contributed by atoms with Crippen molar-refractivity contribution >= 4 is 35.0 Å². The molecule has 0 radical (unpaired) electrons. The first-order valence-corrected chi connectivity index (χ1v) is 10.1. The second kappa shape index (κ2) is 9.80. The van der Waals surface area contributed by atoms with E-state index in [0.29, 0.717) is 11.3 Å². The number of carbonyl (C=O) groups excluding carboxylic acids is 2. The Labute approximate surface area is 174 Å². The minimum Gasteiger partial charge on any atom is -0.497 e. The van der Waals surface area contributed by atoms with E-state index in [1.807, 2.05) is 43.3 Å². The fraction of sp³-hybridized carbons (Fsp3) is 0.130. The number of aryl methyl sites for hydroxylation is 1. The van der Waals surface area contributed by atoms with Gasteiger partial charge in [-0.1, -0.05) is 23.8 Å². The lowest BCUT2D eigenvalue weighted by molar-refractivity contribution is -0.113. The van der Waals surface area contributed by atoms with Gasteiger partial charge in [-0.05, 0) is 61.5 Å². The fourth-order valence-corrected chi connectivity index (χ4v) is 3.35. The van der Waals surface area contributed by atoms with E-state index in [2.05, 4.69) is 10.6 Å². The third-order valence-corrected chi connectivity index (χ3v) is 5.14. The van der Waals surface area contributed by atoms with Crippen molar-refractivity contribution in [3.8, 4) is 5.75 Å². The Balaban J connectivity index is 1.54. The molecule has 3 aromatic carbocycles. The van der Waals surface area contributed by atoms with Gasteiger partial charge >= 0.3 is 0 Å². The van der Waals surface area contributed by atoms with E-state index in [-0.39, 0.29) is 17.6 Å². The lowest BCUT2D eigenvalue weighted by Crippen LogP contribution is -2.14. The zero-order valence-corrected chi connectivity index (χ0v) is 17.1. The summed E-state index contributed by atoms with van der Waals surface area (Å²) in [6.45, 7) is 1.98. The van der Waals surface area contributed by atoms with Crippen molar-refractivity contribution < 1.29 is 14.3 Å². The number of thioether (sulfide) groups is 1. The monoisotopic (exact) mass is 406 g/mol. The van der Waals surface area contributed by atoms with Crippen LogP contribution in [0.4, 0.5) is 11.4 Å². The number of amides is 2. The van der Waals surface area contributed by atoms with Crippen molar-refractivity contribution in [3.05, 3.63) is 83.9 Å². The average Bonchev–Trinajstić information content (AvgIpc) is 2.73. The molecule has 0 aromatic heterocycles. The molecule has 0 aliphatic rings. The van der Waals surface area contributed by atoms with Gasteiger partial charge in [-0.15, -0.1) is 11.8 Å². The Bertz CT molecular complexity index is 986. The molecule has 6 heteroatoms. The summed E-state index contributed by atoms with van der Waals surface area (Å²) in [5, 5.41) is 5.74. The number of hydrogen-bond acceptors (Lipinski definition) is 4. The van der Waals surface area contributed by atoms with Gasteiger partial charge in [0.1, 0.15) is 5.75 Å². The van der Waals surface area contributed by atoms with E-state index < -0.39 is 0 Å². The molecule has 0 atom stereocenters. The molecule has 0 heterocycles. The smallest absolute Gasteiger partial charge is 0.255 e. The largest absolute Gasteiger partial charge is 0.497 e. The highest BCUT2D eigenvalue weighted by molar-refractivity contribution is 8.00. The van der Waals surface area contributed by atoms with Crippen molar-refractivity contribution in [3.63, 3.8) is 0 Å². The van der Waals surface area contributed by atoms with Crippen LogP contribution in [0.5, 0.6) is 5.75 Å². The van der Waals surface area contributed by atoms with Gasteiger partial charge in [-0.3, -0.25) is 9.59 Å². The van der Waals surface area contributed by atoms with Crippen LogP contribution in [0.15, 0.2) is 77.7 Å². The van der Waals surface area contributed by atoms with Gasteiger partial charge in [0.15, 0.2) is 0 Å². The number of ether oxygens (including phenoxy) is 1. The maximum absolute atomic E-state index is 12.4. The van der Waals surface area contributed by atoms with Gasteiger partial charge in [-0.25, -0.2) is 0 Å². The summed E-state index contributed by atoms with van der Waals surface area (Å²) >= 11 is 1.41. The molecule has 0 fully saturated rings. The van der Waals surface area contributed by atoms with Crippen LogP contribution in [0.3, 0.4) is 0 Å². The first kappa shape index (κ1) is 20.5. The molecule has 2 N–H and O–H groups in total. The van der Waals surface area contributed by atoms with Crippen LogP contribution in [0.2, 0.25) is 0 Å². The minimum atomic E-state index is -0.163. The van der Waals surface area contributed by atoms with Gasteiger partial charge < -0.3 is 15.4 Å². The number of anilines is 2. The number of hydrogen-bond donors (Lipinski definition) is 2. The van der Waals surface area contributed by atoms with Crippen LogP contribution in [-0.4, -0.2) is 24.7 Å². The third kappa shape index (κ3) is 6.12. The SMILES string of the molecule is COc1ccc(NC(=O)CSc2cccc(NC(=O)c3ccc(C)cc3)c2)cc1. The lowest BCUT2D eigenvalue weighted by atomic mass is 10.1. The van der Waals surface area contributed by atoms with Gasteiger partial charge in [0.05, 0.1) is 12.9 Å². The Hall–Kier alpha value is -3.25. The first-order chi connectivity index (χ1) is 14.0. The Morgan fingerprint density at radius 2 is 1.62 bits per heavy atom. The molecule has 0 aliphatic carbocycles. The van der Waals surface area contributed by atoms with E-state index >= 15 is 0 Å². The lowest BCUT2D eigenvalue weighted by Gasteiger charge is -2.09. The minimum absolute atomic E-state index is 0.103. The summed E-state index contributed by atoms with van der Waals surface area (Å²) in [6.07, 6.45) is 0. The molecule has 3 aromatic rings. The maximum atomic E-state index is 12.4. The van der Waals surface area contributed by atoms with Crippen molar-refractivity contribution in [2.45, 2.75) is 11.8 Å². The van der Waals surface area contributed by atoms with Crippen LogP contribution in [0.25, 0.3) is 0 Å². The summed E-state index contributed by atoms with van der Waals surface area (Å²) in [4.78, 5) is 25.4. The van der Waals surface area contributed by atoms with Crippen LogP contribution in [-0.2, 0) is 4.79 Å². The highest BCUT2D eigenvalue weighted by Gasteiger charge is 2.08. The molecule has 0 unspecified atom stereocenters. The Morgan fingerprint density at radius 3 is 2.31 bits per heavy atom. The van der Waals surface area contributed by atoms with Gasteiger partial charge in [0, 0.05) is 21.8 Å². The fourth-order valence-electron chi connectivity index (χ4n) is 2.59. The van der Waals surface area contributed by atoms with Crippen molar-refractivity contribution in [2.24, 2.45) is 0 Å². The predicted octanol–water partition coefficient (Wildman–Crippen LogP) is 4.99. The van der Waals surface area contributed by atoms with Gasteiger partial charge in [-0.2, -0.15) is 0 Å². The molecule has 0 spiro atoms. The molecule has 2 amide bonds. The quantitative estimate of drug-likeness (QED) is 0.543. The summed E-state index contributed by atoms with van der Waals surface area (Å²) in [7, 11) is 1.60. The van der Waals surface area contributed by atoms with Crippen LogP contribution >= 0.6 is 11.8 Å². The second-order valence-electron chi connectivity index (χ2n) is 6.41. The summed E-state index contributed by atoms with van der Waals surface area (Å²) in [6, 6.07) is 22.0. The average molecular weight is 407 g/mol. The highest BCUT2D eigenvalue weighted by Crippen LogP contribution is 2.23. The van der Waals surface area contributed by atoms with E-state index in [1.54, 1.807) is 43.5 Å². The Morgan fingerprint density at radius 1 is 0.897 bits per heavy atom. The van der Waals surface area contributed by atoms with E-state index in [9.17, 15) is 9.59 Å². The van der Waals surface area contributed by atoms with Crippen LogP contribution in [0.1, 0.15) is 15.9 Å². The zero-order chi connectivity index (χ0) is 20.6. The molecule has 0 saturated heterocycles. The number of nitrogens with one attached hydrogen (secondary N) is 2. The Kier molecular flexibility index (Phi) is 6.92. The predicted molar refractivity (Wildman–Crippen MR) is 118 cm³/mol. The molecule has 5 nitrogen and oxygen atoms in total. The number of benzene rings is 3. The number of rotatable bonds is 7. The molecule has 0 saturated carbocycles. The van der Waals surface area contributed by atoms with Crippen LogP contribution in [0, 0.1) is 6.92 Å². The normalized spacial score (nSPS) is 10.3. The van der Waals surface area contributed by atoms with Crippen molar-refractivity contribution in [2.75, 3.05) is 23.5 Å². The molecule has 0 bridgehead atoms. The summed E-state index contributed by atoms with van der Waals surface area (Å²) in [5.41, 5.74) is 3.12. The summed E-state index contributed by atoms with van der Waals surface area (Å²) in [5.74, 6) is 0.738. The molecule has 0 aliphatic heterocycles. The van der Waals surface area contributed by atoms with E-state index in [4.69, 9.17) is 4.74 Å². The molecule has 29 heavy (non-hydrogen) atoms. The molecular weight excluding hydrogens is 384 g/mol. The molecular formula is C23H22N2O3S. The van der Waals surface area contributed by atoms with E-state index in [0.717, 1.165) is 21.9 Å². The first-order valence-electron chi connectivity index (χ1n) is 9.08. The second-order valence-corrected chi connectivity index (χ2v) is 7.46. The third-order valence-electron chi connectivity index (χ3n) is 4.15. The number of methoxy groups -OCH3 is 1. The highest BCUT2D eigenvalue weighted by atomic mass is 32.2. The van der Waals surface area contributed by atoms with Crippen molar-refractivity contribution in [1.29, 1.82) is 0 Å². The van der Waals surface area contributed by atoms with Gasteiger partial charge in [0.2, 0.25) is 5.91 Å².